The van der Waals surface area contributed by atoms with Gasteiger partial charge in [0, 0.05) is 47.6 Å². The molecule has 4 N–H and O–H groups in total. The van der Waals surface area contributed by atoms with Gasteiger partial charge in [0.25, 0.3) is 5.91 Å². The van der Waals surface area contributed by atoms with Crippen molar-refractivity contribution in [3.8, 4) is 22.5 Å². The number of imidazole rings is 1. The second-order valence-corrected chi connectivity index (χ2v) is 8.68. The fourth-order valence-electron chi connectivity index (χ4n) is 4.42. The van der Waals surface area contributed by atoms with Crippen LogP contribution in [0.15, 0.2) is 67.1 Å². The number of aromatic nitrogens is 3. The van der Waals surface area contributed by atoms with E-state index in [-0.39, 0.29) is 11.9 Å². The average Bonchev–Trinajstić information content (AvgIpc) is 3.32. The summed E-state index contributed by atoms with van der Waals surface area (Å²) in [6, 6.07) is 14.2. The number of likely N-dealkylation sites (tertiary alicyclic amines) is 1. The third-order valence-corrected chi connectivity index (χ3v) is 6.40. The van der Waals surface area contributed by atoms with E-state index in [1.165, 1.54) is 0 Å². The summed E-state index contributed by atoms with van der Waals surface area (Å²) in [7, 11) is 0. The molecule has 1 saturated heterocycles. The SMILES string of the molecule is NC(=O)c1ccc(-c2cnc3cnc(-c4ccc(C(=O)N5CCC(NC(=O)O)CC5)cc4)cn23)cc1. The van der Waals surface area contributed by atoms with Gasteiger partial charge < -0.3 is 21.1 Å². The smallest absolute Gasteiger partial charge is 0.404 e. The first kappa shape index (κ1) is 23.0. The summed E-state index contributed by atoms with van der Waals surface area (Å²) in [5.74, 6) is -0.553. The zero-order valence-electron chi connectivity index (χ0n) is 19.3. The fourth-order valence-corrected chi connectivity index (χ4v) is 4.42. The standard InChI is InChI=1S/C26H24N6O4/c27-24(33)18-5-3-17(4-6-18)22-13-29-23-14-28-21(15-32(22)23)16-1-7-19(8-2-16)25(34)31-11-9-20(10-12-31)30-26(35)36/h1-8,13-15,20,30H,9-12H2,(H2,27,33)(H,35,36). The Morgan fingerprint density at radius 2 is 1.53 bits per heavy atom. The van der Waals surface area contributed by atoms with Crippen molar-refractivity contribution in [1.29, 1.82) is 0 Å². The van der Waals surface area contributed by atoms with E-state index >= 15 is 0 Å². The number of nitrogens with one attached hydrogen (secondary N) is 1. The van der Waals surface area contributed by atoms with Gasteiger partial charge in [-0.1, -0.05) is 24.3 Å². The van der Waals surface area contributed by atoms with Crippen molar-refractivity contribution in [2.24, 2.45) is 5.73 Å². The number of fused-ring (bicyclic) bond motifs is 1. The minimum absolute atomic E-state index is 0.0740. The molecule has 10 nitrogen and oxygen atoms in total. The molecule has 10 heteroatoms. The van der Waals surface area contributed by atoms with Crippen molar-refractivity contribution in [3.63, 3.8) is 0 Å². The number of carbonyl (C=O) groups excluding carboxylic acids is 2. The summed E-state index contributed by atoms with van der Waals surface area (Å²) >= 11 is 0. The number of carbonyl (C=O) groups is 3. The van der Waals surface area contributed by atoms with Gasteiger partial charge in [-0.3, -0.25) is 19.0 Å². The third-order valence-electron chi connectivity index (χ3n) is 6.40. The van der Waals surface area contributed by atoms with E-state index in [9.17, 15) is 14.4 Å². The van der Waals surface area contributed by atoms with Crippen molar-refractivity contribution in [2.45, 2.75) is 18.9 Å². The summed E-state index contributed by atoms with van der Waals surface area (Å²) in [6.45, 7) is 1.02. The van der Waals surface area contributed by atoms with Crippen molar-refractivity contribution in [2.75, 3.05) is 13.1 Å². The van der Waals surface area contributed by atoms with E-state index < -0.39 is 12.0 Å². The molecule has 2 aromatic carbocycles. The van der Waals surface area contributed by atoms with Crippen molar-refractivity contribution >= 4 is 23.6 Å². The largest absolute Gasteiger partial charge is 0.465 e. The van der Waals surface area contributed by atoms with Crippen LogP contribution in [0.5, 0.6) is 0 Å². The summed E-state index contributed by atoms with van der Waals surface area (Å²) in [5.41, 5.74) is 10.3. The van der Waals surface area contributed by atoms with Crippen LogP contribution >= 0.6 is 0 Å². The van der Waals surface area contributed by atoms with Crippen LogP contribution in [0.25, 0.3) is 28.2 Å². The first-order valence-corrected chi connectivity index (χ1v) is 11.5. The molecule has 182 valence electrons. The lowest BCUT2D eigenvalue weighted by molar-refractivity contribution is 0.0705. The van der Waals surface area contributed by atoms with E-state index in [1.54, 1.807) is 41.6 Å². The van der Waals surface area contributed by atoms with Crippen LogP contribution < -0.4 is 11.1 Å². The Kier molecular flexibility index (Phi) is 6.07. The Morgan fingerprint density at radius 1 is 0.889 bits per heavy atom. The summed E-state index contributed by atoms with van der Waals surface area (Å²) in [4.78, 5) is 45.8. The molecule has 0 unspecified atom stereocenters. The maximum absolute atomic E-state index is 12.9. The first-order chi connectivity index (χ1) is 17.4. The molecule has 1 fully saturated rings. The molecule has 0 radical (unpaired) electrons. The Bertz CT molecular complexity index is 1440. The van der Waals surface area contributed by atoms with Crippen LogP contribution in [0.3, 0.4) is 0 Å². The van der Waals surface area contributed by atoms with E-state index in [4.69, 9.17) is 10.8 Å². The number of primary amides is 1. The lowest BCUT2D eigenvalue weighted by atomic mass is 10.0. The number of amides is 3. The monoisotopic (exact) mass is 484 g/mol. The predicted octanol–water partition coefficient (Wildman–Crippen LogP) is 3.03. The highest BCUT2D eigenvalue weighted by Crippen LogP contribution is 2.25. The van der Waals surface area contributed by atoms with Gasteiger partial charge in [-0.25, -0.2) is 9.78 Å². The second-order valence-electron chi connectivity index (χ2n) is 8.68. The summed E-state index contributed by atoms with van der Waals surface area (Å²) in [6.07, 6.45) is 5.47. The molecule has 0 atom stereocenters. The van der Waals surface area contributed by atoms with Gasteiger partial charge in [-0.15, -0.1) is 0 Å². The van der Waals surface area contributed by atoms with E-state index in [2.05, 4.69) is 15.3 Å². The minimum atomic E-state index is -1.04. The fraction of sp³-hybridized carbons (Fsp3) is 0.192. The van der Waals surface area contributed by atoms with Crippen LogP contribution in [-0.4, -0.2) is 61.4 Å². The maximum Gasteiger partial charge on any atom is 0.404 e. The molecule has 3 amide bonds. The number of hydrogen-bond acceptors (Lipinski definition) is 5. The number of piperidine rings is 1. The molecular formula is C26H24N6O4. The number of benzene rings is 2. The van der Waals surface area contributed by atoms with Gasteiger partial charge in [-0.2, -0.15) is 0 Å². The summed E-state index contributed by atoms with van der Waals surface area (Å²) < 4.78 is 1.93. The Balaban J connectivity index is 1.34. The Labute approximate surface area is 206 Å². The number of rotatable bonds is 5. The molecule has 1 aliphatic heterocycles. The van der Waals surface area contributed by atoms with Crippen LogP contribution in [0.2, 0.25) is 0 Å². The van der Waals surface area contributed by atoms with Crippen LogP contribution in [0, 0.1) is 0 Å². The van der Waals surface area contributed by atoms with Crippen LogP contribution in [-0.2, 0) is 0 Å². The highest BCUT2D eigenvalue weighted by atomic mass is 16.4. The molecule has 4 aromatic rings. The van der Waals surface area contributed by atoms with Gasteiger partial charge in [0.05, 0.1) is 23.8 Å². The zero-order chi connectivity index (χ0) is 25.2. The van der Waals surface area contributed by atoms with E-state index in [0.29, 0.717) is 42.7 Å². The molecule has 1 aliphatic rings. The van der Waals surface area contributed by atoms with Gasteiger partial charge in [0.1, 0.15) is 0 Å². The Hall–Kier alpha value is -4.73. The lowest BCUT2D eigenvalue weighted by Gasteiger charge is -2.31. The topological polar surface area (TPSA) is 143 Å². The van der Waals surface area contributed by atoms with E-state index in [1.807, 2.05) is 34.9 Å². The van der Waals surface area contributed by atoms with Crippen molar-refractivity contribution < 1.29 is 19.5 Å². The van der Waals surface area contributed by atoms with Crippen molar-refractivity contribution in [1.82, 2.24) is 24.6 Å². The minimum Gasteiger partial charge on any atom is -0.465 e. The summed E-state index contributed by atoms with van der Waals surface area (Å²) in [5, 5.41) is 11.4. The van der Waals surface area contributed by atoms with Gasteiger partial charge in [0.15, 0.2) is 5.65 Å². The number of carboxylic acid groups (broad SMARTS) is 1. The third kappa shape index (κ3) is 4.61. The highest BCUT2D eigenvalue weighted by Gasteiger charge is 2.24. The normalized spacial score (nSPS) is 14.1. The lowest BCUT2D eigenvalue weighted by Crippen LogP contribution is -2.46. The second kappa shape index (κ2) is 9.49. The highest BCUT2D eigenvalue weighted by molar-refractivity contribution is 5.95. The number of hydrogen-bond donors (Lipinski definition) is 3. The zero-order valence-corrected chi connectivity index (χ0v) is 19.3. The Morgan fingerprint density at radius 3 is 2.17 bits per heavy atom. The molecule has 36 heavy (non-hydrogen) atoms. The van der Waals surface area contributed by atoms with Crippen molar-refractivity contribution in [3.05, 3.63) is 78.2 Å². The molecule has 3 heterocycles. The number of nitrogens with two attached hydrogens (primary N) is 1. The molecule has 0 saturated carbocycles. The number of nitrogens with zero attached hydrogens (tertiary/aromatic N) is 4. The molecule has 0 aliphatic carbocycles. The van der Waals surface area contributed by atoms with Gasteiger partial charge >= 0.3 is 6.09 Å². The van der Waals surface area contributed by atoms with Crippen LogP contribution in [0.1, 0.15) is 33.6 Å². The molecule has 5 rings (SSSR count). The average molecular weight is 485 g/mol. The first-order valence-electron chi connectivity index (χ1n) is 11.5. The molecule has 0 bridgehead atoms. The van der Waals surface area contributed by atoms with Crippen LogP contribution in [0.4, 0.5) is 4.79 Å². The van der Waals surface area contributed by atoms with Gasteiger partial charge in [0.2, 0.25) is 5.91 Å². The van der Waals surface area contributed by atoms with Gasteiger partial charge in [-0.05, 0) is 37.1 Å². The van der Waals surface area contributed by atoms with E-state index in [0.717, 1.165) is 22.5 Å². The molecular weight excluding hydrogens is 460 g/mol. The molecule has 2 aromatic heterocycles. The molecule has 0 spiro atoms. The quantitative estimate of drug-likeness (QED) is 0.397. The maximum atomic E-state index is 12.9. The predicted molar refractivity (Wildman–Crippen MR) is 132 cm³/mol.